The Balaban J connectivity index is 2.41. The third-order valence-corrected chi connectivity index (χ3v) is 4.89. The van der Waals surface area contributed by atoms with Crippen LogP contribution >= 0.6 is 27.7 Å². The van der Waals surface area contributed by atoms with Crippen molar-refractivity contribution in [3.8, 4) is 0 Å². The first-order valence-corrected chi connectivity index (χ1v) is 8.44. The first-order chi connectivity index (χ1) is 9.93. The Morgan fingerprint density at radius 3 is 2.67 bits per heavy atom. The van der Waals surface area contributed by atoms with Crippen molar-refractivity contribution in [1.82, 2.24) is 4.90 Å². The number of esters is 1. The molecule has 0 saturated carbocycles. The molecule has 0 N–H and O–H groups in total. The highest BCUT2D eigenvalue weighted by atomic mass is 79.9. The van der Waals surface area contributed by atoms with E-state index in [2.05, 4.69) is 20.7 Å². The number of methoxy groups -OCH3 is 1. The first-order valence-electron chi connectivity index (χ1n) is 6.59. The number of carbonyl (C=O) groups excluding carboxylic acids is 2. The monoisotopic (exact) mass is 373 g/mol. The number of nitrogens with zero attached hydrogens (tertiary/aromatic N) is 1. The molecule has 116 valence electrons. The molecule has 0 heterocycles. The Hall–Kier alpha value is -1.01. The summed E-state index contributed by atoms with van der Waals surface area (Å²) in [5, 5.41) is 0.0678. The molecule has 0 aromatic heterocycles. The Morgan fingerprint density at radius 1 is 1.38 bits per heavy atom. The van der Waals surface area contributed by atoms with Crippen molar-refractivity contribution >= 4 is 39.6 Å². The van der Waals surface area contributed by atoms with Crippen molar-refractivity contribution in [1.29, 1.82) is 0 Å². The predicted molar refractivity (Wildman–Crippen MR) is 89.2 cm³/mol. The maximum atomic E-state index is 12.1. The summed E-state index contributed by atoms with van der Waals surface area (Å²) in [5.74, 6) is 0.163. The topological polar surface area (TPSA) is 46.6 Å². The van der Waals surface area contributed by atoms with Gasteiger partial charge in [0.15, 0.2) is 0 Å². The van der Waals surface area contributed by atoms with Gasteiger partial charge in [-0.1, -0.05) is 41.1 Å². The molecule has 21 heavy (non-hydrogen) atoms. The standard InChI is InChI=1S/C15H20BrNO3S/c1-11(8-15(19)20-3)21-10-14(18)17(2)9-12-6-4-5-7-13(12)16/h4-7,11H,8-10H2,1-3H3. The summed E-state index contributed by atoms with van der Waals surface area (Å²) in [7, 11) is 3.16. The highest BCUT2D eigenvalue weighted by molar-refractivity contribution is 9.10. The van der Waals surface area contributed by atoms with Crippen LogP contribution in [0.25, 0.3) is 0 Å². The van der Waals surface area contributed by atoms with E-state index in [1.807, 2.05) is 31.2 Å². The molecule has 0 aliphatic rings. The number of hydrogen-bond acceptors (Lipinski definition) is 4. The fourth-order valence-electron chi connectivity index (χ4n) is 1.67. The number of ether oxygens (including phenoxy) is 1. The molecule has 1 amide bonds. The van der Waals surface area contributed by atoms with E-state index in [1.165, 1.54) is 18.9 Å². The summed E-state index contributed by atoms with van der Waals surface area (Å²) in [6.45, 7) is 2.48. The van der Waals surface area contributed by atoms with Crippen LogP contribution in [0.1, 0.15) is 18.9 Å². The zero-order valence-corrected chi connectivity index (χ0v) is 14.9. The summed E-state index contributed by atoms with van der Waals surface area (Å²) in [5.41, 5.74) is 1.07. The van der Waals surface area contributed by atoms with Crippen LogP contribution in [-0.4, -0.2) is 41.9 Å². The average Bonchev–Trinajstić information content (AvgIpc) is 2.46. The number of thioether (sulfide) groups is 1. The summed E-state index contributed by atoms with van der Waals surface area (Å²) in [6.07, 6.45) is 0.322. The highest BCUT2D eigenvalue weighted by Gasteiger charge is 2.15. The van der Waals surface area contributed by atoms with Crippen LogP contribution in [0.3, 0.4) is 0 Å². The third kappa shape index (κ3) is 6.52. The van der Waals surface area contributed by atoms with E-state index < -0.39 is 0 Å². The summed E-state index contributed by atoms with van der Waals surface area (Å²) in [6, 6.07) is 7.84. The van der Waals surface area contributed by atoms with E-state index in [9.17, 15) is 9.59 Å². The SMILES string of the molecule is COC(=O)CC(C)SCC(=O)N(C)Cc1ccccc1Br. The molecule has 0 bridgehead atoms. The van der Waals surface area contributed by atoms with Gasteiger partial charge in [-0.2, -0.15) is 0 Å². The molecule has 1 unspecified atom stereocenters. The molecule has 4 nitrogen and oxygen atoms in total. The second-order valence-corrected chi connectivity index (χ2v) is 7.02. The fraction of sp³-hybridized carbons (Fsp3) is 0.467. The van der Waals surface area contributed by atoms with Crippen molar-refractivity contribution in [2.45, 2.75) is 25.1 Å². The predicted octanol–water partition coefficient (Wildman–Crippen LogP) is 3.09. The van der Waals surface area contributed by atoms with Crippen LogP contribution in [-0.2, 0) is 20.9 Å². The van der Waals surface area contributed by atoms with Gasteiger partial charge in [0, 0.05) is 23.3 Å². The Kier molecular flexibility index (Phi) is 7.82. The molecule has 1 aromatic carbocycles. The van der Waals surface area contributed by atoms with Gasteiger partial charge >= 0.3 is 5.97 Å². The van der Waals surface area contributed by atoms with Crippen molar-refractivity contribution in [2.24, 2.45) is 0 Å². The third-order valence-electron chi connectivity index (χ3n) is 2.96. The minimum absolute atomic E-state index is 0.0486. The number of carbonyl (C=O) groups is 2. The Labute approximate surface area is 138 Å². The Morgan fingerprint density at radius 2 is 2.05 bits per heavy atom. The van der Waals surface area contributed by atoms with Gasteiger partial charge in [-0.05, 0) is 11.6 Å². The highest BCUT2D eigenvalue weighted by Crippen LogP contribution is 2.19. The zero-order valence-electron chi connectivity index (χ0n) is 12.5. The van der Waals surface area contributed by atoms with Gasteiger partial charge in [0.25, 0.3) is 0 Å². The van der Waals surface area contributed by atoms with Gasteiger partial charge < -0.3 is 9.64 Å². The van der Waals surface area contributed by atoms with Crippen molar-refractivity contribution < 1.29 is 14.3 Å². The number of hydrogen-bond donors (Lipinski definition) is 0. The normalized spacial score (nSPS) is 11.8. The van der Waals surface area contributed by atoms with Gasteiger partial charge in [0.05, 0.1) is 19.3 Å². The molecule has 0 fully saturated rings. The van der Waals surface area contributed by atoms with E-state index in [0.29, 0.717) is 18.7 Å². The van der Waals surface area contributed by atoms with E-state index >= 15 is 0 Å². The van der Waals surface area contributed by atoms with Crippen molar-refractivity contribution in [3.05, 3.63) is 34.3 Å². The molecule has 0 spiro atoms. The number of rotatable bonds is 7. The lowest BCUT2D eigenvalue weighted by atomic mass is 10.2. The van der Waals surface area contributed by atoms with E-state index in [4.69, 9.17) is 0 Å². The average molecular weight is 374 g/mol. The van der Waals surface area contributed by atoms with Gasteiger partial charge in [-0.25, -0.2) is 0 Å². The maximum absolute atomic E-state index is 12.1. The summed E-state index contributed by atoms with van der Waals surface area (Å²) < 4.78 is 5.61. The van der Waals surface area contributed by atoms with E-state index in [-0.39, 0.29) is 17.1 Å². The molecular formula is C15H20BrNO3S. The lowest BCUT2D eigenvalue weighted by molar-refractivity contribution is -0.140. The first kappa shape index (κ1) is 18.0. The lowest BCUT2D eigenvalue weighted by Crippen LogP contribution is -2.28. The molecule has 1 rings (SSSR count). The maximum Gasteiger partial charge on any atom is 0.306 e. The molecule has 0 aliphatic heterocycles. The molecule has 0 radical (unpaired) electrons. The second-order valence-electron chi connectivity index (χ2n) is 4.74. The summed E-state index contributed by atoms with van der Waals surface area (Å²) >= 11 is 4.94. The fourth-order valence-corrected chi connectivity index (χ4v) is 2.98. The minimum Gasteiger partial charge on any atom is -0.469 e. The number of amides is 1. The van der Waals surface area contributed by atoms with E-state index in [0.717, 1.165) is 10.0 Å². The van der Waals surface area contributed by atoms with Crippen LogP contribution in [0.5, 0.6) is 0 Å². The zero-order chi connectivity index (χ0) is 15.8. The molecule has 0 aliphatic carbocycles. The molecular weight excluding hydrogens is 354 g/mol. The van der Waals surface area contributed by atoms with Crippen LogP contribution < -0.4 is 0 Å². The molecule has 1 aromatic rings. The number of benzene rings is 1. The van der Waals surface area contributed by atoms with Crippen molar-refractivity contribution in [2.75, 3.05) is 19.9 Å². The van der Waals surface area contributed by atoms with Crippen LogP contribution in [0.2, 0.25) is 0 Å². The minimum atomic E-state index is -0.246. The molecule has 1 atom stereocenters. The lowest BCUT2D eigenvalue weighted by Gasteiger charge is -2.19. The molecule has 0 saturated heterocycles. The Bertz CT molecular complexity index is 496. The van der Waals surface area contributed by atoms with Crippen molar-refractivity contribution in [3.63, 3.8) is 0 Å². The van der Waals surface area contributed by atoms with Crippen LogP contribution in [0.4, 0.5) is 0 Å². The smallest absolute Gasteiger partial charge is 0.306 e. The largest absolute Gasteiger partial charge is 0.469 e. The summed E-state index contributed by atoms with van der Waals surface area (Å²) in [4.78, 5) is 24.9. The quantitative estimate of drug-likeness (QED) is 0.689. The molecule has 6 heteroatoms. The van der Waals surface area contributed by atoms with E-state index in [1.54, 1.807) is 11.9 Å². The van der Waals surface area contributed by atoms with Crippen LogP contribution in [0, 0.1) is 0 Å². The van der Waals surface area contributed by atoms with Gasteiger partial charge in [-0.15, -0.1) is 11.8 Å². The van der Waals surface area contributed by atoms with Gasteiger partial charge in [-0.3, -0.25) is 9.59 Å². The second kappa shape index (κ2) is 9.10. The van der Waals surface area contributed by atoms with Gasteiger partial charge in [0.1, 0.15) is 0 Å². The van der Waals surface area contributed by atoms with Gasteiger partial charge in [0.2, 0.25) is 5.91 Å². The number of halogens is 1. The van der Waals surface area contributed by atoms with Crippen LogP contribution in [0.15, 0.2) is 28.7 Å².